The molecule has 2 aromatic rings. The molecule has 2 N–H and O–H groups in total. The Kier molecular flexibility index (Phi) is 2.40. The zero-order valence-corrected chi connectivity index (χ0v) is 9.42. The Hall–Kier alpha value is -1.48. The van der Waals surface area contributed by atoms with Crippen molar-refractivity contribution in [2.45, 2.75) is 13.8 Å². The monoisotopic (exact) mass is 221 g/mol. The smallest absolute Gasteiger partial charge is 0.0835 e. The standard InChI is InChI=1S/C11H12ClN3/c1-7-11(13)8(2)15(14-7)10-6-4-3-5-9(10)12/h3-6H,13H2,1-2H3. The highest BCUT2D eigenvalue weighted by Crippen LogP contribution is 2.24. The molecule has 4 heteroatoms. The Morgan fingerprint density at radius 2 is 1.93 bits per heavy atom. The highest BCUT2D eigenvalue weighted by atomic mass is 35.5. The summed E-state index contributed by atoms with van der Waals surface area (Å²) in [5, 5.41) is 5.02. The first kappa shape index (κ1) is 10.1. The van der Waals surface area contributed by atoms with Crippen molar-refractivity contribution in [1.29, 1.82) is 0 Å². The van der Waals surface area contributed by atoms with Crippen molar-refractivity contribution in [2.75, 3.05) is 5.73 Å². The molecule has 0 bridgehead atoms. The molecule has 0 amide bonds. The van der Waals surface area contributed by atoms with Crippen molar-refractivity contribution in [3.8, 4) is 5.69 Å². The van der Waals surface area contributed by atoms with E-state index in [0.29, 0.717) is 5.02 Å². The first-order chi connectivity index (χ1) is 7.11. The van der Waals surface area contributed by atoms with E-state index in [-0.39, 0.29) is 0 Å². The SMILES string of the molecule is Cc1nn(-c2ccccc2Cl)c(C)c1N. The molecule has 3 nitrogen and oxygen atoms in total. The number of rotatable bonds is 1. The van der Waals surface area contributed by atoms with Crippen molar-refractivity contribution in [3.05, 3.63) is 40.7 Å². The number of aromatic nitrogens is 2. The van der Waals surface area contributed by atoms with E-state index in [1.54, 1.807) is 4.68 Å². The van der Waals surface area contributed by atoms with Crippen LogP contribution in [0, 0.1) is 13.8 Å². The third-order valence-corrected chi connectivity index (χ3v) is 2.75. The van der Waals surface area contributed by atoms with Gasteiger partial charge in [0.15, 0.2) is 0 Å². The van der Waals surface area contributed by atoms with Crippen LogP contribution in [0.3, 0.4) is 0 Å². The fraction of sp³-hybridized carbons (Fsp3) is 0.182. The average molecular weight is 222 g/mol. The molecule has 0 aliphatic rings. The number of para-hydroxylation sites is 1. The third kappa shape index (κ3) is 1.59. The second-order valence-electron chi connectivity index (χ2n) is 3.45. The molecule has 0 atom stereocenters. The van der Waals surface area contributed by atoms with Gasteiger partial charge < -0.3 is 5.73 Å². The van der Waals surface area contributed by atoms with Crippen LogP contribution in [-0.4, -0.2) is 9.78 Å². The van der Waals surface area contributed by atoms with Gasteiger partial charge in [0, 0.05) is 0 Å². The molecule has 0 saturated carbocycles. The number of benzene rings is 1. The lowest BCUT2D eigenvalue weighted by atomic mass is 10.3. The Balaban J connectivity index is 2.65. The van der Waals surface area contributed by atoms with E-state index in [4.69, 9.17) is 17.3 Å². The Morgan fingerprint density at radius 3 is 2.47 bits per heavy atom. The summed E-state index contributed by atoms with van der Waals surface area (Å²) in [4.78, 5) is 0. The van der Waals surface area contributed by atoms with Crippen LogP contribution in [0.5, 0.6) is 0 Å². The quantitative estimate of drug-likeness (QED) is 0.805. The highest BCUT2D eigenvalue weighted by molar-refractivity contribution is 6.32. The lowest BCUT2D eigenvalue weighted by molar-refractivity contribution is 0.834. The maximum atomic E-state index is 6.09. The van der Waals surface area contributed by atoms with Gasteiger partial charge in [-0.3, -0.25) is 0 Å². The number of hydrogen-bond donors (Lipinski definition) is 1. The summed E-state index contributed by atoms with van der Waals surface area (Å²) in [6, 6.07) is 7.57. The molecular weight excluding hydrogens is 210 g/mol. The van der Waals surface area contributed by atoms with Gasteiger partial charge in [0.25, 0.3) is 0 Å². The summed E-state index contributed by atoms with van der Waals surface area (Å²) >= 11 is 6.09. The number of anilines is 1. The summed E-state index contributed by atoms with van der Waals surface area (Å²) < 4.78 is 1.77. The molecule has 1 aromatic heterocycles. The van der Waals surface area contributed by atoms with Gasteiger partial charge in [0.1, 0.15) is 0 Å². The van der Waals surface area contributed by atoms with Gasteiger partial charge in [-0.1, -0.05) is 23.7 Å². The van der Waals surface area contributed by atoms with Crippen LogP contribution in [0.25, 0.3) is 5.69 Å². The topological polar surface area (TPSA) is 43.8 Å². The van der Waals surface area contributed by atoms with Crippen molar-refractivity contribution < 1.29 is 0 Å². The minimum absolute atomic E-state index is 0.670. The molecule has 0 fully saturated rings. The zero-order valence-electron chi connectivity index (χ0n) is 8.66. The number of aryl methyl sites for hydroxylation is 1. The van der Waals surface area contributed by atoms with E-state index >= 15 is 0 Å². The molecule has 0 spiro atoms. The first-order valence-corrected chi connectivity index (χ1v) is 5.05. The van der Waals surface area contributed by atoms with Crippen LogP contribution in [0.4, 0.5) is 5.69 Å². The Morgan fingerprint density at radius 1 is 1.27 bits per heavy atom. The Labute approximate surface area is 93.5 Å². The summed E-state index contributed by atoms with van der Waals surface area (Å²) in [5.41, 5.74) is 9.18. The predicted octanol–water partition coefficient (Wildman–Crippen LogP) is 2.72. The number of nitrogens with two attached hydrogens (primary N) is 1. The largest absolute Gasteiger partial charge is 0.396 e. The molecule has 0 aliphatic heterocycles. The van der Waals surface area contributed by atoms with Crippen LogP contribution in [0.1, 0.15) is 11.4 Å². The van der Waals surface area contributed by atoms with Crippen LogP contribution in [0.2, 0.25) is 5.02 Å². The molecule has 15 heavy (non-hydrogen) atoms. The van der Waals surface area contributed by atoms with E-state index in [1.165, 1.54) is 0 Å². The molecule has 78 valence electrons. The van der Waals surface area contributed by atoms with Gasteiger partial charge in [-0.05, 0) is 26.0 Å². The van der Waals surface area contributed by atoms with Gasteiger partial charge in [0.05, 0.1) is 27.8 Å². The second-order valence-corrected chi connectivity index (χ2v) is 3.85. The fourth-order valence-corrected chi connectivity index (χ4v) is 1.73. The molecule has 1 aromatic carbocycles. The van der Waals surface area contributed by atoms with Crippen molar-refractivity contribution in [2.24, 2.45) is 0 Å². The minimum atomic E-state index is 0.670. The van der Waals surface area contributed by atoms with Crippen molar-refractivity contribution >= 4 is 17.3 Å². The molecule has 2 rings (SSSR count). The first-order valence-electron chi connectivity index (χ1n) is 4.68. The zero-order chi connectivity index (χ0) is 11.0. The van der Waals surface area contributed by atoms with Crippen LogP contribution >= 0.6 is 11.6 Å². The van der Waals surface area contributed by atoms with E-state index in [9.17, 15) is 0 Å². The van der Waals surface area contributed by atoms with E-state index in [0.717, 1.165) is 22.8 Å². The summed E-state index contributed by atoms with van der Waals surface area (Å²) in [6.45, 7) is 3.81. The second kappa shape index (κ2) is 3.59. The van der Waals surface area contributed by atoms with Gasteiger partial charge in [-0.25, -0.2) is 4.68 Å². The fourth-order valence-electron chi connectivity index (χ4n) is 1.51. The van der Waals surface area contributed by atoms with Crippen molar-refractivity contribution in [3.63, 3.8) is 0 Å². The number of hydrogen-bond acceptors (Lipinski definition) is 2. The maximum Gasteiger partial charge on any atom is 0.0835 e. The van der Waals surface area contributed by atoms with E-state index < -0.39 is 0 Å². The predicted molar refractivity (Wildman–Crippen MR) is 62.5 cm³/mol. The summed E-state index contributed by atoms with van der Waals surface area (Å²) in [6.07, 6.45) is 0. The third-order valence-electron chi connectivity index (χ3n) is 2.43. The number of halogens is 1. The van der Waals surface area contributed by atoms with Gasteiger partial charge in [0.2, 0.25) is 0 Å². The molecule has 0 saturated heterocycles. The Bertz CT molecular complexity index is 503. The molecule has 0 radical (unpaired) electrons. The van der Waals surface area contributed by atoms with E-state index in [1.807, 2.05) is 38.1 Å². The lowest BCUT2D eigenvalue weighted by Gasteiger charge is -2.05. The van der Waals surface area contributed by atoms with Gasteiger partial charge >= 0.3 is 0 Å². The van der Waals surface area contributed by atoms with Crippen LogP contribution in [-0.2, 0) is 0 Å². The van der Waals surface area contributed by atoms with Crippen LogP contribution < -0.4 is 5.73 Å². The van der Waals surface area contributed by atoms with Gasteiger partial charge in [-0.2, -0.15) is 5.10 Å². The molecule has 0 unspecified atom stereocenters. The molecule has 0 aliphatic carbocycles. The highest BCUT2D eigenvalue weighted by Gasteiger charge is 2.11. The van der Waals surface area contributed by atoms with Crippen molar-refractivity contribution in [1.82, 2.24) is 9.78 Å². The van der Waals surface area contributed by atoms with E-state index in [2.05, 4.69) is 5.10 Å². The molecule has 1 heterocycles. The average Bonchev–Trinajstić information content (AvgIpc) is 2.47. The minimum Gasteiger partial charge on any atom is -0.396 e. The normalized spacial score (nSPS) is 10.6. The number of nitrogens with zero attached hydrogens (tertiary/aromatic N) is 2. The maximum absolute atomic E-state index is 6.09. The summed E-state index contributed by atoms with van der Waals surface area (Å²) in [5.74, 6) is 0. The van der Waals surface area contributed by atoms with Gasteiger partial charge in [-0.15, -0.1) is 0 Å². The lowest BCUT2D eigenvalue weighted by Crippen LogP contribution is -2.00. The number of nitrogen functional groups attached to an aromatic ring is 1. The molecular formula is C11H12ClN3. The van der Waals surface area contributed by atoms with Crippen LogP contribution in [0.15, 0.2) is 24.3 Å². The summed E-state index contributed by atoms with van der Waals surface area (Å²) in [7, 11) is 0.